The fourth-order valence-corrected chi connectivity index (χ4v) is 2.27. The molecule has 1 fully saturated rings. The van der Waals surface area contributed by atoms with Crippen LogP contribution in [0, 0.1) is 11.3 Å². The average molecular weight is 214 g/mol. The molecule has 0 aromatic carbocycles. The zero-order valence-corrected chi connectivity index (χ0v) is 10.7. The van der Waals surface area contributed by atoms with E-state index in [0.29, 0.717) is 11.5 Å². The Morgan fingerprint density at radius 2 is 2.07 bits per heavy atom. The lowest BCUT2D eigenvalue weighted by atomic mass is 9.97. The highest BCUT2D eigenvalue weighted by atomic mass is 32.2. The zero-order chi connectivity index (χ0) is 10.8. The van der Waals surface area contributed by atoms with E-state index in [1.807, 2.05) is 11.8 Å². The number of rotatable bonds is 1. The summed E-state index contributed by atoms with van der Waals surface area (Å²) < 4.78 is 0. The summed E-state index contributed by atoms with van der Waals surface area (Å²) >= 11 is 1.85. The molecule has 2 unspecified atom stereocenters. The molecule has 3 heteroatoms. The van der Waals surface area contributed by atoms with Gasteiger partial charge in [0.2, 0.25) is 0 Å². The fourth-order valence-electron chi connectivity index (χ4n) is 1.13. The van der Waals surface area contributed by atoms with E-state index in [9.17, 15) is 0 Å². The molecule has 1 aliphatic heterocycles. The van der Waals surface area contributed by atoms with Crippen molar-refractivity contribution < 1.29 is 0 Å². The van der Waals surface area contributed by atoms with E-state index in [-0.39, 0.29) is 0 Å². The molecule has 1 aliphatic rings. The van der Waals surface area contributed by atoms with Crippen molar-refractivity contribution in [1.82, 2.24) is 5.32 Å². The van der Waals surface area contributed by atoms with Crippen LogP contribution in [0.25, 0.3) is 0 Å². The maximum absolute atomic E-state index is 4.61. The molecule has 1 saturated heterocycles. The van der Waals surface area contributed by atoms with E-state index in [1.54, 1.807) is 0 Å². The van der Waals surface area contributed by atoms with Gasteiger partial charge < -0.3 is 5.32 Å². The number of nitrogens with one attached hydrogen (secondary N) is 1. The maximum Gasteiger partial charge on any atom is 0.156 e. The second-order valence-electron chi connectivity index (χ2n) is 5.40. The van der Waals surface area contributed by atoms with Gasteiger partial charge in [-0.2, -0.15) is 0 Å². The Hall–Kier alpha value is -0.180. The number of aliphatic imine (C=N–C) groups is 1. The van der Waals surface area contributed by atoms with E-state index < -0.39 is 0 Å². The van der Waals surface area contributed by atoms with Crippen LogP contribution in [-0.4, -0.2) is 23.5 Å². The van der Waals surface area contributed by atoms with Crippen molar-refractivity contribution in [1.29, 1.82) is 0 Å². The summed E-state index contributed by atoms with van der Waals surface area (Å²) in [6.45, 7) is 12.1. The van der Waals surface area contributed by atoms with Gasteiger partial charge in [-0.05, 0) is 18.3 Å². The summed E-state index contributed by atoms with van der Waals surface area (Å²) in [6.07, 6.45) is 0. The van der Waals surface area contributed by atoms with Crippen LogP contribution in [0.1, 0.15) is 34.6 Å². The summed E-state index contributed by atoms with van der Waals surface area (Å²) in [7, 11) is 0. The van der Waals surface area contributed by atoms with Crippen molar-refractivity contribution in [2.24, 2.45) is 16.3 Å². The molecule has 0 aliphatic carbocycles. The van der Waals surface area contributed by atoms with Gasteiger partial charge in [0.1, 0.15) is 0 Å². The van der Waals surface area contributed by atoms with E-state index >= 15 is 0 Å². The molecule has 1 heterocycles. The Morgan fingerprint density at radius 3 is 2.57 bits per heavy atom. The minimum Gasteiger partial charge on any atom is -0.362 e. The topological polar surface area (TPSA) is 24.4 Å². The second-order valence-corrected chi connectivity index (χ2v) is 6.41. The molecule has 0 aromatic rings. The Labute approximate surface area is 92.0 Å². The average Bonchev–Trinajstić information content (AvgIpc) is 2.06. The molecule has 2 atom stereocenters. The van der Waals surface area contributed by atoms with Gasteiger partial charge in [-0.3, -0.25) is 4.99 Å². The van der Waals surface area contributed by atoms with Crippen molar-refractivity contribution in [3.8, 4) is 0 Å². The van der Waals surface area contributed by atoms with Gasteiger partial charge >= 0.3 is 0 Å². The zero-order valence-electron chi connectivity index (χ0n) is 9.92. The molecule has 0 bridgehead atoms. The lowest BCUT2D eigenvalue weighted by Crippen LogP contribution is -2.41. The number of hydrogen-bond acceptors (Lipinski definition) is 2. The highest BCUT2D eigenvalue weighted by molar-refractivity contribution is 8.13. The van der Waals surface area contributed by atoms with E-state index in [2.05, 4.69) is 44.9 Å². The first-order valence-electron chi connectivity index (χ1n) is 5.32. The quantitative estimate of drug-likeness (QED) is 0.726. The van der Waals surface area contributed by atoms with Gasteiger partial charge in [0.05, 0.1) is 0 Å². The van der Waals surface area contributed by atoms with Gasteiger partial charge in [-0.25, -0.2) is 0 Å². The van der Waals surface area contributed by atoms with Crippen molar-refractivity contribution >= 4 is 16.9 Å². The number of thioether (sulfide) groups is 1. The summed E-state index contributed by atoms with van der Waals surface area (Å²) in [4.78, 5) is 4.61. The van der Waals surface area contributed by atoms with Crippen molar-refractivity contribution in [3.05, 3.63) is 0 Å². The third-order valence-corrected chi connectivity index (χ3v) is 3.60. The van der Waals surface area contributed by atoms with Crippen molar-refractivity contribution in [3.63, 3.8) is 0 Å². The first-order valence-corrected chi connectivity index (χ1v) is 6.31. The predicted octanol–water partition coefficient (Wildman–Crippen LogP) is 2.75. The Morgan fingerprint density at radius 1 is 1.43 bits per heavy atom. The van der Waals surface area contributed by atoms with Crippen LogP contribution < -0.4 is 5.32 Å². The summed E-state index contributed by atoms with van der Waals surface area (Å²) in [5, 5.41) is 4.58. The SMILES string of the molecule is CC1CSC(=NCC(C)(C)C)NC1C. The molecule has 0 aromatic heterocycles. The highest BCUT2D eigenvalue weighted by Gasteiger charge is 2.21. The normalized spacial score (nSPS) is 31.6. The molecular formula is C11H22N2S. The number of amidine groups is 1. The number of hydrogen-bond donors (Lipinski definition) is 1. The molecule has 1 rings (SSSR count). The van der Waals surface area contributed by atoms with Gasteiger partial charge in [0.25, 0.3) is 0 Å². The minimum atomic E-state index is 0.293. The monoisotopic (exact) mass is 214 g/mol. The van der Waals surface area contributed by atoms with Crippen molar-refractivity contribution in [2.45, 2.75) is 40.7 Å². The standard InChI is InChI=1S/C11H22N2S/c1-8-6-14-10(13-9(8)2)12-7-11(3,4)5/h8-9H,6-7H2,1-5H3,(H,12,13). The van der Waals surface area contributed by atoms with Crippen LogP contribution >= 0.6 is 11.8 Å². The summed E-state index contributed by atoms with van der Waals surface area (Å²) in [5.74, 6) is 1.94. The van der Waals surface area contributed by atoms with E-state index in [1.165, 1.54) is 5.75 Å². The molecule has 82 valence electrons. The molecule has 0 amide bonds. The van der Waals surface area contributed by atoms with Gasteiger partial charge in [0.15, 0.2) is 5.17 Å². The van der Waals surface area contributed by atoms with Crippen LogP contribution in [0.2, 0.25) is 0 Å². The molecule has 0 spiro atoms. The minimum absolute atomic E-state index is 0.293. The first-order chi connectivity index (χ1) is 6.38. The third-order valence-electron chi connectivity index (χ3n) is 2.38. The van der Waals surface area contributed by atoms with Crippen LogP contribution in [0.15, 0.2) is 4.99 Å². The second kappa shape index (κ2) is 4.56. The lowest BCUT2D eigenvalue weighted by molar-refractivity contribution is 0.427. The van der Waals surface area contributed by atoms with Gasteiger partial charge in [0, 0.05) is 18.3 Å². The summed E-state index contributed by atoms with van der Waals surface area (Å²) in [5.41, 5.74) is 0.293. The summed E-state index contributed by atoms with van der Waals surface area (Å²) in [6, 6.07) is 0.565. The lowest BCUT2D eigenvalue weighted by Gasteiger charge is -2.29. The molecule has 14 heavy (non-hydrogen) atoms. The molecule has 0 saturated carbocycles. The van der Waals surface area contributed by atoms with Crippen LogP contribution in [0.3, 0.4) is 0 Å². The van der Waals surface area contributed by atoms with E-state index in [0.717, 1.165) is 17.6 Å². The van der Waals surface area contributed by atoms with Crippen LogP contribution in [-0.2, 0) is 0 Å². The Bertz CT molecular complexity index is 218. The molecule has 1 N–H and O–H groups in total. The number of nitrogens with zero attached hydrogens (tertiary/aromatic N) is 1. The fraction of sp³-hybridized carbons (Fsp3) is 0.909. The van der Waals surface area contributed by atoms with E-state index in [4.69, 9.17) is 0 Å². The van der Waals surface area contributed by atoms with Crippen molar-refractivity contribution in [2.75, 3.05) is 12.3 Å². The van der Waals surface area contributed by atoms with Crippen LogP contribution in [0.5, 0.6) is 0 Å². The Kier molecular flexibility index (Phi) is 3.87. The predicted molar refractivity (Wildman–Crippen MR) is 66.0 cm³/mol. The van der Waals surface area contributed by atoms with Gasteiger partial charge in [-0.1, -0.05) is 39.5 Å². The Balaban J connectivity index is 2.46. The molecular weight excluding hydrogens is 192 g/mol. The van der Waals surface area contributed by atoms with Crippen LogP contribution in [0.4, 0.5) is 0 Å². The molecule has 2 nitrogen and oxygen atoms in total. The van der Waals surface area contributed by atoms with Gasteiger partial charge in [-0.15, -0.1) is 0 Å². The largest absolute Gasteiger partial charge is 0.362 e. The third kappa shape index (κ3) is 3.91. The smallest absolute Gasteiger partial charge is 0.156 e. The highest BCUT2D eigenvalue weighted by Crippen LogP contribution is 2.20. The maximum atomic E-state index is 4.61. The molecule has 0 radical (unpaired) electrons. The first kappa shape index (κ1) is 11.9.